The molecule has 0 saturated carbocycles. The summed E-state index contributed by atoms with van der Waals surface area (Å²) < 4.78 is 79.9. The van der Waals surface area contributed by atoms with E-state index >= 15 is 0 Å². The molecule has 33 heavy (non-hydrogen) atoms. The minimum absolute atomic E-state index is 0.0147. The number of amides is 1. The van der Waals surface area contributed by atoms with E-state index in [9.17, 15) is 26.7 Å². The summed E-state index contributed by atoms with van der Waals surface area (Å²) in [5, 5.41) is 4.00. The van der Waals surface area contributed by atoms with Crippen molar-refractivity contribution in [3.63, 3.8) is 0 Å². The highest BCUT2D eigenvalue weighted by Gasteiger charge is 2.37. The minimum Gasteiger partial charge on any atom is -0.493 e. The largest absolute Gasteiger partial charge is 0.493 e. The molecule has 0 spiro atoms. The van der Waals surface area contributed by atoms with E-state index in [-0.39, 0.29) is 33.0 Å². The maximum Gasteiger partial charge on any atom is 0.280 e. The van der Waals surface area contributed by atoms with Crippen LogP contribution in [0.2, 0.25) is 5.02 Å². The highest BCUT2D eigenvalue weighted by Crippen LogP contribution is 2.38. The van der Waals surface area contributed by atoms with Gasteiger partial charge in [-0.1, -0.05) is 25.4 Å². The van der Waals surface area contributed by atoms with Gasteiger partial charge in [-0.05, 0) is 36.6 Å². The minimum atomic E-state index is -2.33. The van der Waals surface area contributed by atoms with Crippen molar-refractivity contribution in [3.05, 3.63) is 57.4 Å². The molecule has 0 radical (unpaired) electrons. The molecule has 0 bridgehead atoms. The summed E-state index contributed by atoms with van der Waals surface area (Å²) in [6, 6.07) is 2.98. The molecule has 0 N–H and O–H groups in total. The van der Waals surface area contributed by atoms with E-state index in [1.54, 1.807) is 0 Å². The molecule has 0 aromatic heterocycles. The zero-order chi connectivity index (χ0) is 24.6. The maximum absolute atomic E-state index is 14.2. The van der Waals surface area contributed by atoms with Crippen molar-refractivity contribution in [2.45, 2.75) is 20.8 Å². The van der Waals surface area contributed by atoms with Crippen LogP contribution in [-0.2, 0) is 4.79 Å². The monoisotopic (exact) mass is 488 g/mol. The number of hydrazone groups is 1. The molecule has 2 aromatic rings. The van der Waals surface area contributed by atoms with Crippen LogP contribution in [0, 0.1) is 35.0 Å². The van der Waals surface area contributed by atoms with E-state index in [1.807, 2.05) is 13.8 Å². The Labute approximate surface area is 191 Å². The second-order valence-electron chi connectivity index (χ2n) is 7.52. The van der Waals surface area contributed by atoms with Crippen LogP contribution in [0.4, 0.5) is 27.6 Å². The summed E-state index contributed by atoms with van der Waals surface area (Å²) in [6.07, 6.45) is 1.30. The van der Waals surface area contributed by atoms with Gasteiger partial charge in [-0.25, -0.2) is 22.0 Å². The van der Waals surface area contributed by atoms with Gasteiger partial charge >= 0.3 is 0 Å². The van der Waals surface area contributed by atoms with Gasteiger partial charge in [0.1, 0.15) is 5.69 Å². The topological polar surface area (TPSA) is 51.1 Å². The van der Waals surface area contributed by atoms with E-state index in [1.165, 1.54) is 32.2 Å². The number of ether oxygens (including phenoxy) is 2. The summed E-state index contributed by atoms with van der Waals surface area (Å²) in [4.78, 5) is 12.8. The zero-order valence-corrected chi connectivity index (χ0v) is 18.7. The fourth-order valence-electron chi connectivity index (χ4n) is 2.99. The fourth-order valence-corrected chi connectivity index (χ4v) is 3.27. The number of carbonyl (C=O) groups is 1. The highest BCUT2D eigenvalue weighted by molar-refractivity contribution is 6.33. The number of halogens is 6. The lowest BCUT2D eigenvalue weighted by Crippen LogP contribution is -2.25. The molecule has 0 aliphatic carbocycles. The van der Waals surface area contributed by atoms with Crippen molar-refractivity contribution < 1.29 is 36.2 Å². The third-order valence-corrected chi connectivity index (χ3v) is 4.87. The van der Waals surface area contributed by atoms with Crippen LogP contribution in [0.15, 0.2) is 22.8 Å². The van der Waals surface area contributed by atoms with Crippen LogP contribution in [0.25, 0.3) is 6.08 Å². The summed E-state index contributed by atoms with van der Waals surface area (Å²) in [5.74, 6) is -11.4. The normalized spacial score (nSPS) is 15.0. The summed E-state index contributed by atoms with van der Waals surface area (Å²) in [7, 11) is 1.39. The van der Waals surface area contributed by atoms with Crippen molar-refractivity contribution in [1.82, 2.24) is 0 Å². The lowest BCUT2D eigenvalue weighted by molar-refractivity contribution is -0.114. The van der Waals surface area contributed by atoms with Crippen molar-refractivity contribution >= 4 is 35.0 Å². The zero-order valence-electron chi connectivity index (χ0n) is 17.9. The Kier molecular flexibility index (Phi) is 6.97. The van der Waals surface area contributed by atoms with Gasteiger partial charge in [0.05, 0.1) is 30.0 Å². The molecule has 0 atom stereocenters. The molecular weight excluding hydrogens is 471 g/mol. The Morgan fingerprint density at radius 2 is 1.64 bits per heavy atom. The first kappa shape index (κ1) is 24.5. The molecule has 2 aromatic carbocycles. The van der Waals surface area contributed by atoms with E-state index in [0.29, 0.717) is 17.9 Å². The number of nitrogens with zero attached hydrogens (tertiary/aromatic N) is 2. The molecule has 3 rings (SSSR count). The second kappa shape index (κ2) is 9.38. The van der Waals surface area contributed by atoms with E-state index in [0.717, 1.165) is 0 Å². The number of benzene rings is 2. The lowest BCUT2D eigenvalue weighted by Gasteiger charge is -2.15. The smallest absolute Gasteiger partial charge is 0.280 e. The van der Waals surface area contributed by atoms with Crippen molar-refractivity contribution in [3.8, 4) is 11.5 Å². The number of hydrogen-bond acceptors (Lipinski definition) is 4. The highest BCUT2D eigenvalue weighted by atomic mass is 35.5. The van der Waals surface area contributed by atoms with Gasteiger partial charge in [-0.3, -0.25) is 4.79 Å². The Morgan fingerprint density at radius 3 is 2.18 bits per heavy atom. The number of methoxy groups -OCH3 is 1. The molecule has 1 amide bonds. The first-order valence-electron chi connectivity index (χ1n) is 9.61. The van der Waals surface area contributed by atoms with Crippen LogP contribution in [0.3, 0.4) is 0 Å². The van der Waals surface area contributed by atoms with Gasteiger partial charge in [-0.2, -0.15) is 10.1 Å². The van der Waals surface area contributed by atoms with E-state index in [4.69, 9.17) is 21.1 Å². The Morgan fingerprint density at radius 1 is 1.06 bits per heavy atom. The third-order valence-electron chi connectivity index (χ3n) is 4.58. The van der Waals surface area contributed by atoms with Gasteiger partial charge < -0.3 is 9.47 Å². The first-order valence-corrected chi connectivity index (χ1v) is 9.99. The molecule has 0 saturated heterocycles. The SMILES string of the molecule is COc1cc(/C=C2/C(=O)N(c3c(F)c(F)c(F)c(F)c3F)N=C2C)cc(Cl)c1OCC(C)C. The van der Waals surface area contributed by atoms with Gasteiger partial charge in [0.25, 0.3) is 5.91 Å². The first-order chi connectivity index (χ1) is 15.5. The molecule has 5 nitrogen and oxygen atoms in total. The quantitative estimate of drug-likeness (QED) is 0.221. The molecule has 1 aliphatic heterocycles. The molecule has 0 unspecified atom stereocenters. The number of carbonyl (C=O) groups excluding carboxylic acids is 1. The number of anilines is 1. The van der Waals surface area contributed by atoms with Gasteiger partial charge in [0.2, 0.25) is 5.82 Å². The van der Waals surface area contributed by atoms with Crippen LogP contribution in [0.5, 0.6) is 11.5 Å². The number of hydrogen-bond donors (Lipinski definition) is 0. The molecule has 1 aliphatic rings. The molecule has 176 valence electrons. The summed E-state index contributed by atoms with van der Waals surface area (Å²) >= 11 is 6.29. The summed E-state index contributed by atoms with van der Waals surface area (Å²) in [6.45, 7) is 5.61. The van der Waals surface area contributed by atoms with Crippen LogP contribution >= 0.6 is 11.6 Å². The fraction of sp³-hybridized carbons (Fsp3) is 0.273. The third kappa shape index (κ3) is 4.52. The average molecular weight is 489 g/mol. The van der Waals surface area contributed by atoms with Crippen molar-refractivity contribution in [2.24, 2.45) is 11.0 Å². The molecule has 0 fully saturated rings. The van der Waals surface area contributed by atoms with Crippen LogP contribution in [0.1, 0.15) is 26.3 Å². The van der Waals surface area contributed by atoms with Gasteiger partial charge in [0, 0.05) is 0 Å². The summed E-state index contributed by atoms with van der Waals surface area (Å²) in [5.41, 5.74) is -1.27. The van der Waals surface area contributed by atoms with Crippen LogP contribution in [-0.4, -0.2) is 25.3 Å². The maximum atomic E-state index is 14.2. The van der Waals surface area contributed by atoms with E-state index < -0.39 is 40.7 Å². The Bertz CT molecular complexity index is 1170. The lowest BCUT2D eigenvalue weighted by atomic mass is 10.1. The Balaban J connectivity index is 2.02. The van der Waals surface area contributed by atoms with Crippen molar-refractivity contribution in [2.75, 3.05) is 18.7 Å². The van der Waals surface area contributed by atoms with E-state index in [2.05, 4.69) is 5.10 Å². The predicted octanol–water partition coefficient (Wildman–Crippen LogP) is 5.89. The molecule has 11 heteroatoms. The molecule has 1 heterocycles. The number of rotatable bonds is 6. The molecular formula is C22H18ClF5N2O3. The standard InChI is InChI=1S/C22H18ClF5N2O3/c1-9(2)8-33-21-13(23)6-11(7-14(21)32-4)5-12-10(3)29-30(22(12)31)20-18(27)16(25)15(24)17(26)19(20)28/h5-7,9H,8H2,1-4H3/b12-5+. The average Bonchev–Trinajstić information content (AvgIpc) is 3.03. The van der Waals surface area contributed by atoms with Gasteiger partial charge in [0.15, 0.2) is 34.8 Å². The Hall–Kier alpha value is -3.14. The van der Waals surface area contributed by atoms with Crippen molar-refractivity contribution in [1.29, 1.82) is 0 Å². The second-order valence-corrected chi connectivity index (χ2v) is 7.93. The van der Waals surface area contributed by atoms with Crippen LogP contribution < -0.4 is 14.5 Å². The van der Waals surface area contributed by atoms with Gasteiger partial charge in [-0.15, -0.1) is 0 Å². The predicted molar refractivity (Wildman–Crippen MR) is 113 cm³/mol.